The van der Waals surface area contributed by atoms with E-state index in [2.05, 4.69) is 0 Å². The third kappa shape index (κ3) is 2.15. The maximum Gasteiger partial charge on any atom is 0.236 e. The lowest BCUT2D eigenvalue weighted by atomic mass is 10.2. The van der Waals surface area contributed by atoms with Gasteiger partial charge in [-0.3, -0.25) is 4.79 Å². The predicted octanol–water partition coefficient (Wildman–Crippen LogP) is 0.864. The first kappa shape index (κ1) is 9.40. The van der Waals surface area contributed by atoms with E-state index in [1.54, 1.807) is 11.9 Å². The average Bonchev–Trinajstić information content (AvgIpc) is 2.55. The number of carbonyl (C=O) groups is 1. The van der Waals surface area contributed by atoms with Crippen molar-refractivity contribution < 1.29 is 4.79 Å². The van der Waals surface area contributed by atoms with Gasteiger partial charge in [-0.1, -0.05) is 0 Å². The Bertz CT molecular complexity index is 206. The van der Waals surface area contributed by atoms with Gasteiger partial charge < -0.3 is 4.90 Å². The maximum atomic E-state index is 11.2. The largest absolute Gasteiger partial charge is 0.341 e. The Kier molecular flexibility index (Phi) is 3.42. The molecule has 0 spiro atoms. The molecule has 0 aliphatic carbocycles. The zero-order valence-corrected chi connectivity index (χ0v) is 7.93. The second-order valence-corrected chi connectivity index (χ2v) is 4.01. The normalized spacial score (nSPS) is 21.8. The Balaban J connectivity index is 2.40. The topological polar surface area (TPSA) is 44.1 Å². The molecule has 1 aliphatic heterocycles. The van der Waals surface area contributed by atoms with Gasteiger partial charge in [-0.25, -0.2) is 0 Å². The molecule has 12 heavy (non-hydrogen) atoms. The summed E-state index contributed by atoms with van der Waals surface area (Å²) in [5.74, 6) is 2.10. The van der Waals surface area contributed by atoms with Crippen molar-refractivity contribution in [2.24, 2.45) is 0 Å². The molecular weight excluding hydrogens is 172 g/mol. The molecule has 0 N–H and O–H groups in total. The Morgan fingerprint density at radius 3 is 3.08 bits per heavy atom. The molecule has 0 radical (unpaired) electrons. The molecule has 0 saturated carbocycles. The van der Waals surface area contributed by atoms with Crippen LogP contribution in [0.25, 0.3) is 0 Å². The van der Waals surface area contributed by atoms with E-state index in [1.807, 2.05) is 17.8 Å². The summed E-state index contributed by atoms with van der Waals surface area (Å²) in [7, 11) is 1.79. The smallest absolute Gasteiger partial charge is 0.236 e. The van der Waals surface area contributed by atoms with Crippen LogP contribution in [-0.2, 0) is 4.79 Å². The number of rotatable bonds is 2. The lowest BCUT2D eigenvalue weighted by Crippen LogP contribution is -2.36. The van der Waals surface area contributed by atoms with Gasteiger partial charge in [-0.15, -0.1) is 0 Å². The summed E-state index contributed by atoms with van der Waals surface area (Å²) >= 11 is 1.87. The van der Waals surface area contributed by atoms with E-state index in [1.165, 1.54) is 0 Å². The zero-order chi connectivity index (χ0) is 8.97. The van der Waals surface area contributed by atoms with E-state index < -0.39 is 0 Å². The zero-order valence-electron chi connectivity index (χ0n) is 7.12. The van der Waals surface area contributed by atoms with Crippen LogP contribution in [0.15, 0.2) is 0 Å². The van der Waals surface area contributed by atoms with Gasteiger partial charge in [0, 0.05) is 18.8 Å². The SMILES string of the molecule is CN(C(=O)CC#N)C1CCSC1. The molecule has 1 heterocycles. The van der Waals surface area contributed by atoms with E-state index in [9.17, 15) is 4.79 Å². The van der Waals surface area contributed by atoms with Crippen LogP contribution in [0.5, 0.6) is 0 Å². The lowest BCUT2D eigenvalue weighted by Gasteiger charge is -2.22. The maximum absolute atomic E-state index is 11.2. The molecule has 1 rings (SSSR count). The third-order valence-corrected chi connectivity index (χ3v) is 3.22. The number of hydrogen-bond donors (Lipinski definition) is 0. The Morgan fingerprint density at radius 1 is 1.83 bits per heavy atom. The fourth-order valence-electron chi connectivity index (χ4n) is 1.22. The second-order valence-electron chi connectivity index (χ2n) is 2.86. The molecule has 0 bridgehead atoms. The van der Waals surface area contributed by atoms with Crippen LogP contribution in [0.4, 0.5) is 0 Å². The fraction of sp³-hybridized carbons (Fsp3) is 0.750. The molecule has 1 amide bonds. The second kappa shape index (κ2) is 4.36. The quantitative estimate of drug-likeness (QED) is 0.639. The summed E-state index contributed by atoms with van der Waals surface area (Å²) in [4.78, 5) is 12.9. The fourth-order valence-corrected chi connectivity index (χ4v) is 2.49. The van der Waals surface area contributed by atoms with E-state index in [4.69, 9.17) is 5.26 Å². The van der Waals surface area contributed by atoms with Crippen molar-refractivity contribution in [1.82, 2.24) is 4.90 Å². The summed E-state index contributed by atoms with van der Waals surface area (Å²) in [5, 5.41) is 8.33. The molecule has 66 valence electrons. The van der Waals surface area contributed by atoms with Crippen molar-refractivity contribution in [1.29, 1.82) is 5.26 Å². The van der Waals surface area contributed by atoms with Crippen LogP contribution < -0.4 is 0 Å². The van der Waals surface area contributed by atoms with Crippen molar-refractivity contribution >= 4 is 17.7 Å². The van der Waals surface area contributed by atoms with Gasteiger partial charge in [0.2, 0.25) is 5.91 Å². The number of hydrogen-bond acceptors (Lipinski definition) is 3. The van der Waals surface area contributed by atoms with Crippen LogP contribution in [-0.4, -0.2) is 35.4 Å². The predicted molar refractivity (Wildman–Crippen MR) is 48.7 cm³/mol. The first-order valence-electron chi connectivity index (χ1n) is 3.96. The Labute approximate surface area is 76.7 Å². The highest BCUT2D eigenvalue weighted by Crippen LogP contribution is 2.21. The minimum atomic E-state index is -0.0509. The summed E-state index contributed by atoms with van der Waals surface area (Å²) in [6.45, 7) is 0. The highest BCUT2D eigenvalue weighted by Gasteiger charge is 2.23. The molecule has 1 unspecified atom stereocenters. The van der Waals surface area contributed by atoms with Crippen LogP contribution in [0.1, 0.15) is 12.8 Å². The van der Waals surface area contributed by atoms with Gasteiger partial charge in [0.05, 0.1) is 6.07 Å². The standard InChI is InChI=1S/C8H12N2OS/c1-10(8(11)2-4-9)7-3-5-12-6-7/h7H,2-3,5-6H2,1H3. The number of thioether (sulfide) groups is 1. The Morgan fingerprint density at radius 2 is 2.58 bits per heavy atom. The molecule has 1 fully saturated rings. The number of carbonyl (C=O) groups excluding carboxylic acids is 1. The first-order valence-corrected chi connectivity index (χ1v) is 5.11. The van der Waals surface area contributed by atoms with Crippen LogP contribution in [0.3, 0.4) is 0 Å². The molecular formula is C8H12N2OS. The molecule has 1 aliphatic rings. The lowest BCUT2D eigenvalue weighted by molar-refractivity contribution is -0.130. The van der Waals surface area contributed by atoms with Gasteiger partial charge in [0.25, 0.3) is 0 Å². The highest BCUT2D eigenvalue weighted by atomic mass is 32.2. The molecule has 0 aromatic carbocycles. The van der Waals surface area contributed by atoms with Gasteiger partial charge in [0.15, 0.2) is 0 Å². The van der Waals surface area contributed by atoms with E-state index in [0.717, 1.165) is 17.9 Å². The summed E-state index contributed by atoms with van der Waals surface area (Å²) in [5.41, 5.74) is 0. The number of nitrogens with zero attached hydrogens (tertiary/aromatic N) is 2. The van der Waals surface area contributed by atoms with Gasteiger partial charge in [-0.2, -0.15) is 17.0 Å². The summed E-state index contributed by atoms with van der Waals surface area (Å²) in [6, 6.07) is 2.23. The van der Waals surface area contributed by atoms with E-state index >= 15 is 0 Å². The van der Waals surface area contributed by atoms with Gasteiger partial charge in [-0.05, 0) is 12.2 Å². The summed E-state index contributed by atoms with van der Waals surface area (Å²) in [6.07, 6.45) is 1.08. The summed E-state index contributed by atoms with van der Waals surface area (Å²) < 4.78 is 0. The molecule has 1 atom stereocenters. The molecule has 3 nitrogen and oxygen atoms in total. The van der Waals surface area contributed by atoms with Gasteiger partial charge >= 0.3 is 0 Å². The number of amides is 1. The highest BCUT2D eigenvalue weighted by molar-refractivity contribution is 7.99. The van der Waals surface area contributed by atoms with Crippen molar-refractivity contribution in [3.63, 3.8) is 0 Å². The molecule has 0 aromatic rings. The Hall–Kier alpha value is -0.690. The van der Waals surface area contributed by atoms with Crippen molar-refractivity contribution in [2.75, 3.05) is 18.6 Å². The van der Waals surface area contributed by atoms with Gasteiger partial charge in [0.1, 0.15) is 6.42 Å². The average molecular weight is 184 g/mol. The van der Waals surface area contributed by atoms with Crippen molar-refractivity contribution in [3.8, 4) is 6.07 Å². The third-order valence-electron chi connectivity index (χ3n) is 2.08. The van der Waals surface area contributed by atoms with E-state index in [-0.39, 0.29) is 12.3 Å². The molecule has 4 heteroatoms. The first-order chi connectivity index (χ1) is 5.75. The molecule has 0 aromatic heterocycles. The minimum absolute atomic E-state index is 0.0116. The van der Waals surface area contributed by atoms with Crippen LogP contribution in [0.2, 0.25) is 0 Å². The minimum Gasteiger partial charge on any atom is -0.341 e. The van der Waals surface area contributed by atoms with Crippen LogP contribution in [0, 0.1) is 11.3 Å². The van der Waals surface area contributed by atoms with Crippen LogP contribution >= 0.6 is 11.8 Å². The molecule has 1 saturated heterocycles. The number of nitriles is 1. The van der Waals surface area contributed by atoms with Crippen molar-refractivity contribution in [2.45, 2.75) is 18.9 Å². The monoisotopic (exact) mass is 184 g/mol. The van der Waals surface area contributed by atoms with E-state index in [0.29, 0.717) is 6.04 Å². The van der Waals surface area contributed by atoms with Crippen molar-refractivity contribution in [3.05, 3.63) is 0 Å².